The van der Waals surface area contributed by atoms with Crippen molar-refractivity contribution in [3.8, 4) is 11.1 Å². The second-order valence-corrected chi connectivity index (χ2v) is 5.41. The molecule has 0 aliphatic carbocycles. The quantitative estimate of drug-likeness (QED) is 0.848. The van der Waals surface area contributed by atoms with Crippen molar-refractivity contribution < 1.29 is 0 Å². The van der Waals surface area contributed by atoms with Crippen LogP contribution < -0.4 is 5.73 Å². The van der Waals surface area contributed by atoms with Crippen LogP contribution in [0.25, 0.3) is 11.1 Å². The van der Waals surface area contributed by atoms with Crippen LogP contribution in [0.3, 0.4) is 0 Å². The van der Waals surface area contributed by atoms with Crippen molar-refractivity contribution in [1.29, 1.82) is 0 Å². The van der Waals surface area contributed by atoms with Crippen LogP contribution in [0.2, 0.25) is 0 Å². The summed E-state index contributed by atoms with van der Waals surface area (Å²) in [5.74, 6) is 1.27. The number of aromatic nitrogens is 2. The fourth-order valence-corrected chi connectivity index (χ4v) is 2.86. The van der Waals surface area contributed by atoms with E-state index in [0.717, 1.165) is 11.4 Å². The monoisotopic (exact) mass is 271 g/mol. The highest BCUT2D eigenvalue weighted by atomic mass is 15.3. The van der Waals surface area contributed by atoms with Crippen molar-refractivity contribution in [2.45, 2.75) is 45.4 Å². The number of rotatable bonds is 6. The number of nitrogens with two attached hydrogens (primary N) is 1. The van der Waals surface area contributed by atoms with E-state index in [1.54, 1.807) is 0 Å². The number of aryl methyl sites for hydroxylation is 1. The topological polar surface area (TPSA) is 43.8 Å². The maximum Gasteiger partial charge on any atom is 0.129 e. The molecule has 3 nitrogen and oxygen atoms in total. The van der Waals surface area contributed by atoms with Crippen LogP contribution in [-0.4, -0.2) is 9.78 Å². The smallest absolute Gasteiger partial charge is 0.129 e. The predicted molar refractivity (Wildman–Crippen MR) is 85.6 cm³/mol. The fraction of sp³-hybridized carbons (Fsp3) is 0.471. The highest BCUT2D eigenvalue weighted by molar-refractivity contribution is 5.77. The standard InChI is InChI=1S/C17H25N3/c1-4-9-14(10-5-2)16-15(17(18)20(3)19-16)13-11-7-6-8-12-13/h6-8,11-12,14H,4-5,9-10,18H2,1-3H3. The largest absolute Gasteiger partial charge is 0.383 e. The summed E-state index contributed by atoms with van der Waals surface area (Å²) in [5, 5.41) is 4.72. The molecule has 0 bridgehead atoms. The minimum Gasteiger partial charge on any atom is -0.383 e. The molecule has 0 aliphatic rings. The Morgan fingerprint density at radius 3 is 2.25 bits per heavy atom. The molecule has 0 radical (unpaired) electrons. The van der Waals surface area contributed by atoms with E-state index in [0.29, 0.717) is 5.92 Å². The highest BCUT2D eigenvalue weighted by Gasteiger charge is 2.22. The van der Waals surface area contributed by atoms with Gasteiger partial charge in [0.1, 0.15) is 5.82 Å². The van der Waals surface area contributed by atoms with Gasteiger partial charge in [0.15, 0.2) is 0 Å². The molecule has 2 aromatic rings. The number of anilines is 1. The Morgan fingerprint density at radius 1 is 1.10 bits per heavy atom. The molecule has 0 atom stereocenters. The summed E-state index contributed by atoms with van der Waals surface area (Å²) in [7, 11) is 1.93. The molecular weight excluding hydrogens is 246 g/mol. The van der Waals surface area contributed by atoms with Crippen LogP contribution in [0.5, 0.6) is 0 Å². The third kappa shape index (κ3) is 2.87. The first kappa shape index (κ1) is 14.6. The Hall–Kier alpha value is -1.77. The van der Waals surface area contributed by atoms with Crippen molar-refractivity contribution in [2.24, 2.45) is 7.05 Å². The van der Waals surface area contributed by atoms with Gasteiger partial charge in [-0.3, -0.25) is 4.68 Å². The van der Waals surface area contributed by atoms with E-state index < -0.39 is 0 Å². The van der Waals surface area contributed by atoms with Crippen LogP contribution in [0.4, 0.5) is 5.82 Å². The zero-order valence-corrected chi connectivity index (χ0v) is 12.8. The molecule has 0 aliphatic heterocycles. The van der Waals surface area contributed by atoms with Crippen LogP contribution in [-0.2, 0) is 7.05 Å². The van der Waals surface area contributed by atoms with Gasteiger partial charge in [-0.05, 0) is 18.4 Å². The second-order valence-electron chi connectivity index (χ2n) is 5.41. The summed E-state index contributed by atoms with van der Waals surface area (Å²) in [4.78, 5) is 0. The highest BCUT2D eigenvalue weighted by Crippen LogP contribution is 2.37. The van der Waals surface area contributed by atoms with Gasteiger partial charge in [-0.25, -0.2) is 0 Å². The van der Waals surface area contributed by atoms with Crippen molar-refractivity contribution in [1.82, 2.24) is 9.78 Å². The van der Waals surface area contributed by atoms with Gasteiger partial charge in [0, 0.05) is 18.5 Å². The van der Waals surface area contributed by atoms with E-state index >= 15 is 0 Å². The third-order valence-electron chi connectivity index (χ3n) is 3.84. The molecule has 0 spiro atoms. The lowest BCUT2D eigenvalue weighted by Crippen LogP contribution is -2.02. The summed E-state index contributed by atoms with van der Waals surface area (Å²) in [5.41, 5.74) is 9.73. The minimum absolute atomic E-state index is 0.503. The van der Waals surface area contributed by atoms with Crippen LogP contribution in [0.15, 0.2) is 30.3 Å². The normalized spacial score (nSPS) is 11.2. The molecule has 2 N–H and O–H groups in total. The molecule has 0 amide bonds. The molecule has 3 heteroatoms. The van der Waals surface area contributed by atoms with Crippen molar-refractivity contribution in [2.75, 3.05) is 5.73 Å². The lowest BCUT2D eigenvalue weighted by molar-refractivity contribution is 0.540. The number of hydrogen-bond donors (Lipinski definition) is 1. The summed E-state index contributed by atoms with van der Waals surface area (Å²) < 4.78 is 1.82. The third-order valence-corrected chi connectivity index (χ3v) is 3.84. The molecule has 2 rings (SSSR count). The average molecular weight is 271 g/mol. The Kier molecular flexibility index (Phi) is 4.83. The lowest BCUT2D eigenvalue weighted by Gasteiger charge is -2.15. The number of nitrogens with zero attached hydrogens (tertiary/aromatic N) is 2. The maximum atomic E-state index is 6.27. The Labute approximate surface area is 121 Å². The molecule has 0 saturated heterocycles. The van der Waals surface area contributed by atoms with Crippen molar-refractivity contribution in [3.05, 3.63) is 36.0 Å². The van der Waals surface area contributed by atoms with Crippen LogP contribution >= 0.6 is 0 Å². The van der Waals surface area contributed by atoms with E-state index in [4.69, 9.17) is 10.8 Å². The molecule has 1 aromatic carbocycles. The van der Waals surface area contributed by atoms with Gasteiger partial charge in [-0.2, -0.15) is 5.10 Å². The zero-order valence-electron chi connectivity index (χ0n) is 12.8. The van der Waals surface area contributed by atoms with Gasteiger partial charge in [-0.15, -0.1) is 0 Å². The Morgan fingerprint density at radius 2 is 1.70 bits per heavy atom. The summed E-state index contributed by atoms with van der Waals surface area (Å²) in [6.07, 6.45) is 4.69. The molecule has 0 saturated carbocycles. The summed E-state index contributed by atoms with van der Waals surface area (Å²) >= 11 is 0. The second kappa shape index (κ2) is 6.60. The molecule has 0 fully saturated rings. The van der Waals surface area contributed by atoms with Crippen molar-refractivity contribution in [3.63, 3.8) is 0 Å². The molecule has 1 heterocycles. The minimum atomic E-state index is 0.503. The number of benzene rings is 1. The molecule has 108 valence electrons. The maximum absolute atomic E-state index is 6.27. The van der Waals surface area contributed by atoms with Crippen LogP contribution in [0.1, 0.15) is 51.1 Å². The van der Waals surface area contributed by atoms with E-state index in [9.17, 15) is 0 Å². The van der Waals surface area contributed by atoms with E-state index in [1.165, 1.54) is 36.9 Å². The summed E-state index contributed by atoms with van der Waals surface area (Å²) in [6, 6.07) is 10.4. The molecular formula is C17H25N3. The van der Waals surface area contributed by atoms with E-state index in [-0.39, 0.29) is 0 Å². The first-order chi connectivity index (χ1) is 9.69. The van der Waals surface area contributed by atoms with Gasteiger partial charge >= 0.3 is 0 Å². The fourth-order valence-electron chi connectivity index (χ4n) is 2.86. The predicted octanol–water partition coefficient (Wildman–Crippen LogP) is 4.35. The van der Waals surface area contributed by atoms with Gasteiger partial charge < -0.3 is 5.73 Å². The first-order valence-electron chi connectivity index (χ1n) is 7.56. The Balaban J connectivity index is 2.50. The van der Waals surface area contributed by atoms with Gasteiger partial charge in [0.25, 0.3) is 0 Å². The average Bonchev–Trinajstić information content (AvgIpc) is 2.75. The molecule has 1 aromatic heterocycles. The number of nitrogen functional groups attached to an aromatic ring is 1. The SMILES string of the molecule is CCCC(CCC)c1nn(C)c(N)c1-c1ccccc1. The number of hydrogen-bond acceptors (Lipinski definition) is 2. The lowest BCUT2D eigenvalue weighted by atomic mass is 9.90. The molecule has 20 heavy (non-hydrogen) atoms. The zero-order chi connectivity index (χ0) is 14.5. The summed E-state index contributed by atoms with van der Waals surface area (Å²) in [6.45, 7) is 4.47. The van der Waals surface area contributed by atoms with Gasteiger partial charge in [-0.1, -0.05) is 57.0 Å². The van der Waals surface area contributed by atoms with E-state index in [2.05, 4.69) is 38.1 Å². The first-order valence-corrected chi connectivity index (χ1v) is 7.56. The van der Waals surface area contributed by atoms with Gasteiger partial charge in [0.05, 0.1) is 5.69 Å². The Bertz CT molecular complexity index is 537. The van der Waals surface area contributed by atoms with Crippen LogP contribution in [0, 0.1) is 0 Å². The molecule has 0 unspecified atom stereocenters. The van der Waals surface area contributed by atoms with E-state index in [1.807, 2.05) is 17.8 Å². The van der Waals surface area contributed by atoms with Gasteiger partial charge in [0.2, 0.25) is 0 Å². The van der Waals surface area contributed by atoms with Crippen molar-refractivity contribution >= 4 is 5.82 Å².